The molecule has 28 heavy (non-hydrogen) atoms. The van der Waals surface area contributed by atoms with Crippen molar-refractivity contribution in [1.82, 2.24) is 0 Å². The summed E-state index contributed by atoms with van der Waals surface area (Å²) in [7, 11) is -2.54. The van der Waals surface area contributed by atoms with Gasteiger partial charge in [0.1, 0.15) is 0 Å². The van der Waals surface area contributed by atoms with Gasteiger partial charge in [-0.1, -0.05) is 108 Å². The Hall–Kier alpha value is -1.42. The van der Waals surface area contributed by atoms with Gasteiger partial charge in [0, 0.05) is 12.0 Å². The number of aliphatic hydroxyl groups is 1. The molecular weight excluding hydrogens is 360 g/mol. The van der Waals surface area contributed by atoms with Crippen LogP contribution in [-0.2, 0) is 4.43 Å². The predicted molar refractivity (Wildman–Crippen MR) is 123 cm³/mol. The van der Waals surface area contributed by atoms with E-state index in [1.807, 2.05) is 0 Å². The molecule has 0 saturated heterocycles. The number of rotatable bonds is 10. The Kier molecular flexibility index (Phi) is 8.05. The van der Waals surface area contributed by atoms with Crippen LogP contribution in [0.3, 0.4) is 0 Å². The van der Waals surface area contributed by atoms with Crippen LogP contribution in [0.15, 0.2) is 60.7 Å². The van der Waals surface area contributed by atoms with Crippen LogP contribution in [0.4, 0.5) is 0 Å². The summed E-state index contributed by atoms with van der Waals surface area (Å²) in [6.45, 7) is 12.1. The molecule has 3 heteroatoms. The van der Waals surface area contributed by atoms with Gasteiger partial charge in [0.05, 0.1) is 6.61 Å². The summed E-state index contributed by atoms with van der Waals surface area (Å²) in [5.74, 6) is 0. The van der Waals surface area contributed by atoms with Gasteiger partial charge in [0.25, 0.3) is 8.32 Å². The van der Waals surface area contributed by atoms with E-state index in [9.17, 15) is 5.11 Å². The van der Waals surface area contributed by atoms with E-state index in [4.69, 9.17) is 4.43 Å². The zero-order valence-electron chi connectivity index (χ0n) is 18.4. The second kappa shape index (κ2) is 9.86. The first-order chi connectivity index (χ1) is 13.3. The molecule has 2 aromatic rings. The fourth-order valence-corrected chi connectivity index (χ4v) is 8.84. The summed E-state index contributed by atoms with van der Waals surface area (Å²) in [6, 6.07) is 21.5. The number of unbranched alkanes of at least 4 members (excludes halogenated alkanes) is 1. The first-order valence-electron chi connectivity index (χ1n) is 10.7. The Labute approximate surface area is 173 Å². The molecular formula is C25H38O2Si. The number of aliphatic hydroxyl groups excluding tert-OH is 1. The van der Waals surface area contributed by atoms with Gasteiger partial charge >= 0.3 is 0 Å². The van der Waals surface area contributed by atoms with Crippen molar-refractivity contribution in [2.75, 3.05) is 13.2 Å². The Morgan fingerprint density at radius 1 is 0.857 bits per heavy atom. The molecule has 0 aromatic heterocycles. The number of hydrogen-bond acceptors (Lipinski definition) is 2. The first kappa shape index (κ1) is 22.9. The van der Waals surface area contributed by atoms with Gasteiger partial charge in [-0.05, 0) is 28.3 Å². The fraction of sp³-hybridized carbons (Fsp3) is 0.520. The summed E-state index contributed by atoms with van der Waals surface area (Å²) in [6.07, 6.45) is 4.20. The molecule has 154 valence electrons. The average molecular weight is 399 g/mol. The van der Waals surface area contributed by atoms with E-state index in [0.29, 0.717) is 6.61 Å². The minimum absolute atomic E-state index is 0.0323. The van der Waals surface area contributed by atoms with Crippen LogP contribution < -0.4 is 10.4 Å². The summed E-state index contributed by atoms with van der Waals surface area (Å²) in [4.78, 5) is 0. The van der Waals surface area contributed by atoms with Crippen molar-refractivity contribution in [3.05, 3.63) is 60.7 Å². The first-order valence-corrected chi connectivity index (χ1v) is 12.6. The molecule has 0 aliphatic carbocycles. The third kappa shape index (κ3) is 4.76. The van der Waals surface area contributed by atoms with Crippen molar-refractivity contribution in [1.29, 1.82) is 0 Å². The maximum absolute atomic E-state index is 10.3. The third-order valence-corrected chi connectivity index (χ3v) is 11.1. The molecule has 2 nitrogen and oxygen atoms in total. The largest absolute Gasteiger partial charge is 0.407 e. The SMILES string of the molecule is CCCCC(CC)(CO)CO[Si](c1ccccc1)(c1ccccc1)C(C)(C)C. The minimum atomic E-state index is -2.54. The van der Waals surface area contributed by atoms with E-state index in [2.05, 4.69) is 95.3 Å². The monoisotopic (exact) mass is 398 g/mol. The van der Waals surface area contributed by atoms with Crippen LogP contribution in [0.2, 0.25) is 5.04 Å². The van der Waals surface area contributed by atoms with Gasteiger partial charge in [0.2, 0.25) is 0 Å². The molecule has 0 aliphatic rings. The fourth-order valence-electron chi connectivity index (χ4n) is 4.16. The lowest BCUT2D eigenvalue weighted by atomic mass is 9.82. The van der Waals surface area contributed by atoms with Crippen LogP contribution in [0, 0.1) is 5.41 Å². The zero-order chi connectivity index (χ0) is 20.7. The second-order valence-electron chi connectivity index (χ2n) is 9.07. The highest BCUT2D eigenvalue weighted by Crippen LogP contribution is 2.39. The molecule has 0 bridgehead atoms. The van der Waals surface area contributed by atoms with E-state index < -0.39 is 8.32 Å². The molecule has 0 saturated carbocycles. The Bertz CT molecular complexity index is 648. The third-order valence-electron chi connectivity index (χ3n) is 6.16. The van der Waals surface area contributed by atoms with E-state index in [-0.39, 0.29) is 17.1 Å². The van der Waals surface area contributed by atoms with Crippen molar-refractivity contribution in [2.45, 2.75) is 65.3 Å². The van der Waals surface area contributed by atoms with E-state index in [1.165, 1.54) is 10.4 Å². The van der Waals surface area contributed by atoms with Gasteiger partial charge in [0.15, 0.2) is 0 Å². The molecule has 2 aromatic carbocycles. The molecule has 1 unspecified atom stereocenters. The van der Waals surface area contributed by atoms with Crippen LogP contribution in [0.5, 0.6) is 0 Å². The standard InChI is InChI=1S/C25H38O2Si/c1-6-8-19-25(7-2,20-26)21-27-28(24(3,4)5,22-15-11-9-12-16-22)23-17-13-10-14-18-23/h9-18,26H,6-8,19-21H2,1-5H3. The average Bonchev–Trinajstić information content (AvgIpc) is 2.71. The van der Waals surface area contributed by atoms with Crippen LogP contribution in [0.25, 0.3) is 0 Å². The Morgan fingerprint density at radius 3 is 1.71 bits per heavy atom. The van der Waals surface area contributed by atoms with Crippen molar-refractivity contribution >= 4 is 18.7 Å². The lowest BCUT2D eigenvalue weighted by Crippen LogP contribution is -2.67. The molecule has 2 rings (SSSR count). The highest BCUT2D eigenvalue weighted by Gasteiger charge is 2.51. The lowest BCUT2D eigenvalue weighted by Gasteiger charge is -2.45. The predicted octanol–water partition coefficient (Wildman–Crippen LogP) is 5.14. The molecule has 0 spiro atoms. The molecule has 0 aliphatic heterocycles. The van der Waals surface area contributed by atoms with Gasteiger partial charge < -0.3 is 9.53 Å². The molecule has 0 amide bonds. The summed E-state index contributed by atoms with van der Waals surface area (Å²) in [5, 5.41) is 12.8. The van der Waals surface area contributed by atoms with E-state index >= 15 is 0 Å². The van der Waals surface area contributed by atoms with Crippen molar-refractivity contribution in [3.63, 3.8) is 0 Å². The van der Waals surface area contributed by atoms with Crippen molar-refractivity contribution in [2.24, 2.45) is 5.41 Å². The Morgan fingerprint density at radius 2 is 1.36 bits per heavy atom. The smallest absolute Gasteiger partial charge is 0.261 e. The number of benzene rings is 2. The van der Waals surface area contributed by atoms with Crippen LogP contribution in [0.1, 0.15) is 60.3 Å². The number of hydrogen-bond donors (Lipinski definition) is 1. The maximum Gasteiger partial charge on any atom is 0.261 e. The van der Waals surface area contributed by atoms with Gasteiger partial charge in [-0.15, -0.1) is 0 Å². The second-order valence-corrected chi connectivity index (χ2v) is 13.4. The van der Waals surface area contributed by atoms with Crippen molar-refractivity contribution < 1.29 is 9.53 Å². The van der Waals surface area contributed by atoms with Crippen molar-refractivity contribution in [3.8, 4) is 0 Å². The molecule has 1 atom stereocenters. The van der Waals surface area contributed by atoms with E-state index in [1.54, 1.807) is 0 Å². The maximum atomic E-state index is 10.3. The normalized spacial score (nSPS) is 14.6. The molecule has 0 fully saturated rings. The topological polar surface area (TPSA) is 29.5 Å². The Balaban J connectivity index is 2.55. The highest BCUT2D eigenvalue weighted by atomic mass is 28.4. The highest BCUT2D eigenvalue weighted by molar-refractivity contribution is 6.99. The molecule has 0 heterocycles. The van der Waals surface area contributed by atoms with Crippen LogP contribution >= 0.6 is 0 Å². The lowest BCUT2D eigenvalue weighted by molar-refractivity contribution is 0.0485. The van der Waals surface area contributed by atoms with Gasteiger partial charge in [-0.25, -0.2) is 0 Å². The van der Waals surface area contributed by atoms with Gasteiger partial charge in [-0.2, -0.15) is 0 Å². The zero-order valence-corrected chi connectivity index (χ0v) is 19.4. The van der Waals surface area contributed by atoms with E-state index in [0.717, 1.165) is 25.7 Å². The van der Waals surface area contributed by atoms with Crippen LogP contribution in [-0.4, -0.2) is 26.6 Å². The minimum Gasteiger partial charge on any atom is -0.407 e. The summed E-state index contributed by atoms with van der Waals surface area (Å²) in [5.41, 5.74) is -0.164. The van der Waals surface area contributed by atoms with Gasteiger partial charge in [-0.3, -0.25) is 0 Å². The molecule has 0 radical (unpaired) electrons. The molecule has 1 N–H and O–H groups in total. The quantitative estimate of drug-likeness (QED) is 0.561. The summed E-state index contributed by atoms with van der Waals surface area (Å²) < 4.78 is 7.09. The summed E-state index contributed by atoms with van der Waals surface area (Å²) >= 11 is 0.